The molecule has 4 heteroatoms. The van der Waals surface area contributed by atoms with E-state index in [0.717, 1.165) is 16.6 Å². The Hall–Kier alpha value is -1.22. The summed E-state index contributed by atoms with van der Waals surface area (Å²) >= 11 is 6.00. The van der Waals surface area contributed by atoms with Gasteiger partial charge in [-0.3, -0.25) is 4.57 Å². The van der Waals surface area contributed by atoms with Crippen LogP contribution in [0.4, 0.5) is 0 Å². The van der Waals surface area contributed by atoms with Gasteiger partial charge in [0.2, 0.25) is 0 Å². The fraction of sp³-hybridized carbons (Fsp3) is 0.222. The Labute approximate surface area is 79.9 Å². The van der Waals surface area contributed by atoms with E-state index in [1.165, 1.54) is 4.57 Å². The van der Waals surface area contributed by atoms with Crippen molar-refractivity contribution in [1.29, 1.82) is 0 Å². The van der Waals surface area contributed by atoms with Crippen LogP contribution in [0, 0.1) is 6.92 Å². The molecule has 0 amide bonds. The van der Waals surface area contributed by atoms with E-state index in [-0.39, 0.29) is 5.69 Å². The minimum atomic E-state index is -0.137. The Morgan fingerprint density at radius 2 is 2.15 bits per heavy atom. The van der Waals surface area contributed by atoms with Crippen molar-refractivity contribution in [2.45, 2.75) is 6.92 Å². The molecule has 0 aliphatic rings. The molecule has 0 fully saturated rings. The summed E-state index contributed by atoms with van der Waals surface area (Å²) in [6.45, 7) is 1.94. The van der Waals surface area contributed by atoms with Crippen molar-refractivity contribution in [2.75, 3.05) is 0 Å². The van der Waals surface area contributed by atoms with Gasteiger partial charge in [0.15, 0.2) is 0 Å². The Morgan fingerprint density at radius 1 is 1.46 bits per heavy atom. The van der Waals surface area contributed by atoms with Crippen LogP contribution in [0.5, 0.6) is 0 Å². The Kier molecular flexibility index (Phi) is 1.70. The lowest BCUT2D eigenvalue weighted by atomic mass is 10.2. The van der Waals surface area contributed by atoms with E-state index in [1.54, 1.807) is 7.05 Å². The number of nitrogens with one attached hydrogen (secondary N) is 1. The molecule has 3 nitrogen and oxygen atoms in total. The van der Waals surface area contributed by atoms with Gasteiger partial charge in [0, 0.05) is 7.05 Å². The lowest BCUT2D eigenvalue weighted by Gasteiger charge is -1.98. The number of imidazole rings is 1. The van der Waals surface area contributed by atoms with E-state index in [1.807, 2.05) is 19.1 Å². The molecule has 0 bridgehead atoms. The van der Waals surface area contributed by atoms with Gasteiger partial charge in [0.25, 0.3) is 0 Å². The molecule has 1 aromatic heterocycles. The van der Waals surface area contributed by atoms with Crippen LogP contribution in [-0.4, -0.2) is 9.55 Å². The molecule has 2 rings (SSSR count). The molecule has 0 saturated carbocycles. The van der Waals surface area contributed by atoms with Crippen molar-refractivity contribution in [3.05, 3.63) is 33.2 Å². The Morgan fingerprint density at radius 3 is 2.85 bits per heavy atom. The summed E-state index contributed by atoms with van der Waals surface area (Å²) in [4.78, 5) is 14.0. The second-order valence-corrected chi connectivity index (χ2v) is 3.54. The summed E-state index contributed by atoms with van der Waals surface area (Å²) in [6, 6.07) is 3.75. The van der Waals surface area contributed by atoms with Gasteiger partial charge in [-0.15, -0.1) is 0 Å². The van der Waals surface area contributed by atoms with Gasteiger partial charge in [-0.25, -0.2) is 4.79 Å². The van der Waals surface area contributed by atoms with E-state index in [2.05, 4.69) is 4.98 Å². The molecule has 1 N–H and O–H groups in total. The molecule has 0 atom stereocenters. The van der Waals surface area contributed by atoms with Gasteiger partial charge < -0.3 is 4.98 Å². The van der Waals surface area contributed by atoms with Crippen LogP contribution < -0.4 is 5.69 Å². The molecule has 13 heavy (non-hydrogen) atoms. The topological polar surface area (TPSA) is 37.8 Å². The van der Waals surface area contributed by atoms with E-state index in [4.69, 9.17) is 11.6 Å². The zero-order valence-corrected chi connectivity index (χ0v) is 8.14. The average molecular weight is 197 g/mol. The smallest absolute Gasteiger partial charge is 0.305 e. The number of halogens is 1. The lowest BCUT2D eigenvalue weighted by molar-refractivity contribution is 0.891. The lowest BCUT2D eigenvalue weighted by Crippen LogP contribution is -2.11. The highest BCUT2D eigenvalue weighted by Gasteiger charge is 2.06. The van der Waals surface area contributed by atoms with Crippen molar-refractivity contribution in [3.63, 3.8) is 0 Å². The summed E-state index contributed by atoms with van der Waals surface area (Å²) in [5.74, 6) is 0. The van der Waals surface area contributed by atoms with Gasteiger partial charge in [-0.2, -0.15) is 0 Å². The van der Waals surface area contributed by atoms with Gasteiger partial charge in [0.1, 0.15) is 0 Å². The first-order valence-corrected chi connectivity index (χ1v) is 4.32. The second-order valence-electron chi connectivity index (χ2n) is 3.13. The van der Waals surface area contributed by atoms with Crippen molar-refractivity contribution >= 4 is 22.6 Å². The van der Waals surface area contributed by atoms with Gasteiger partial charge >= 0.3 is 5.69 Å². The predicted octanol–water partition coefficient (Wildman–Crippen LogP) is 1.83. The van der Waals surface area contributed by atoms with Crippen LogP contribution in [0.1, 0.15) is 5.56 Å². The van der Waals surface area contributed by atoms with Crippen molar-refractivity contribution in [2.24, 2.45) is 7.05 Å². The van der Waals surface area contributed by atoms with Crippen LogP contribution in [0.2, 0.25) is 5.02 Å². The number of benzene rings is 1. The fourth-order valence-electron chi connectivity index (χ4n) is 1.47. The largest absolute Gasteiger partial charge is 0.326 e. The Balaban J connectivity index is 3.03. The molecule has 68 valence electrons. The highest BCUT2D eigenvalue weighted by atomic mass is 35.5. The van der Waals surface area contributed by atoms with Crippen molar-refractivity contribution in [1.82, 2.24) is 9.55 Å². The van der Waals surface area contributed by atoms with Crippen LogP contribution in [-0.2, 0) is 7.05 Å². The third kappa shape index (κ3) is 1.16. The molecule has 0 unspecified atom stereocenters. The molecule has 0 aliphatic carbocycles. The molecule has 0 radical (unpaired) electrons. The number of aromatic amines is 1. The number of hydrogen-bond donors (Lipinski definition) is 1. The van der Waals surface area contributed by atoms with Crippen LogP contribution >= 0.6 is 11.6 Å². The average Bonchev–Trinajstić information content (AvgIpc) is 2.27. The SMILES string of the molecule is Cc1cc(Cl)c2c(c1)[nH]c(=O)n2C. The molecule has 0 aliphatic heterocycles. The zero-order valence-electron chi connectivity index (χ0n) is 7.39. The maximum atomic E-state index is 11.3. The molecule has 2 aromatic rings. The second kappa shape index (κ2) is 2.64. The van der Waals surface area contributed by atoms with Crippen LogP contribution in [0.15, 0.2) is 16.9 Å². The minimum Gasteiger partial charge on any atom is -0.305 e. The van der Waals surface area contributed by atoms with E-state index in [0.29, 0.717) is 5.02 Å². The van der Waals surface area contributed by atoms with Crippen LogP contribution in [0.25, 0.3) is 11.0 Å². The maximum Gasteiger partial charge on any atom is 0.326 e. The standard InChI is InChI=1S/C9H9ClN2O/c1-5-3-6(10)8-7(4-5)11-9(13)12(8)2/h3-4H,1-2H3,(H,11,13). The first-order chi connectivity index (χ1) is 6.09. The van der Waals surface area contributed by atoms with E-state index < -0.39 is 0 Å². The zero-order chi connectivity index (χ0) is 9.59. The molecule has 0 spiro atoms. The van der Waals surface area contributed by atoms with E-state index >= 15 is 0 Å². The number of aromatic nitrogens is 2. The number of nitrogens with zero attached hydrogens (tertiary/aromatic N) is 1. The normalized spacial score (nSPS) is 11.0. The number of hydrogen-bond acceptors (Lipinski definition) is 1. The first kappa shape index (κ1) is 8.38. The first-order valence-electron chi connectivity index (χ1n) is 3.94. The highest BCUT2D eigenvalue weighted by Crippen LogP contribution is 2.22. The summed E-state index contributed by atoms with van der Waals surface area (Å²) in [5.41, 5.74) is 2.46. The summed E-state index contributed by atoms with van der Waals surface area (Å²) < 4.78 is 1.51. The molecule has 1 aromatic carbocycles. The van der Waals surface area contributed by atoms with Gasteiger partial charge in [-0.05, 0) is 24.6 Å². The Bertz CT molecular complexity index is 524. The van der Waals surface area contributed by atoms with Gasteiger partial charge in [0.05, 0.1) is 16.1 Å². The number of H-pyrrole nitrogens is 1. The third-order valence-electron chi connectivity index (χ3n) is 2.09. The molecule has 1 heterocycles. The van der Waals surface area contributed by atoms with E-state index in [9.17, 15) is 4.79 Å². The summed E-state index contributed by atoms with van der Waals surface area (Å²) in [6.07, 6.45) is 0. The highest BCUT2D eigenvalue weighted by molar-refractivity contribution is 6.35. The third-order valence-corrected chi connectivity index (χ3v) is 2.38. The molecule has 0 saturated heterocycles. The quantitative estimate of drug-likeness (QED) is 0.686. The number of fused-ring (bicyclic) bond motifs is 1. The monoisotopic (exact) mass is 196 g/mol. The minimum absolute atomic E-state index is 0.137. The fourth-order valence-corrected chi connectivity index (χ4v) is 1.87. The maximum absolute atomic E-state index is 11.3. The van der Waals surface area contributed by atoms with Crippen molar-refractivity contribution < 1.29 is 0 Å². The predicted molar refractivity (Wildman–Crippen MR) is 53.3 cm³/mol. The van der Waals surface area contributed by atoms with Crippen LogP contribution in [0.3, 0.4) is 0 Å². The summed E-state index contributed by atoms with van der Waals surface area (Å²) in [5, 5.41) is 0.607. The number of rotatable bonds is 0. The number of aryl methyl sites for hydroxylation is 2. The molecular weight excluding hydrogens is 188 g/mol. The van der Waals surface area contributed by atoms with Gasteiger partial charge in [-0.1, -0.05) is 11.6 Å². The van der Waals surface area contributed by atoms with Crippen molar-refractivity contribution in [3.8, 4) is 0 Å². The summed E-state index contributed by atoms with van der Waals surface area (Å²) in [7, 11) is 1.70. The molecular formula is C9H9ClN2O.